The molecule has 1 amide bonds. The van der Waals surface area contributed by atoms with E-state index in [9.17, 15) is 4.79 Å². The maximum Gasteiger partial charge on any atom is 0.427 e. The molecule has 0 bridgehead atoms. The number of amides is 1. The second-order valence-electron chi connectivity index (χ2n) is 7.42. The standard InChI is InChI=1S/C20H32N2O3S/c1-6-8-13-22(14-9-7-2)26-25-19(23)21(5)17-12-10-11-16-15-20(3,4)24-18(16)17/h10-12H,6-9,13-15H2,1-5H3. The number of fused-ring (bicyclic) bond motifs is 1. The molecule has 26 heavy (non-hydrogen) atoms. The Morgan fingerprint density at radius 1 is 1.23 bits per heavy atom. The van der Waals surface area contributed by atoms with E-state index in [0.29, 0.717) is 0 Å². The largest absolute Gasteiger partial charge is 0.485 e. The molecule has 0 radical (unpaired) electrons. The molecule has 0 aromatic heterocycles. The Hall–Kier alpha value is -1.40. The predicted molar refractivity (Wildman–Crippen MR) is 109 cm³/mol. The average molecular weight is 381 g/mol. The van der Waals surface area contributed by atoms with E-state index in [0.717, 1.165) is 62.2 Å². The smallest absolute Gasteiger partial charge is 0.427 e. The number of carbonyl (C=O) groups is 1. The summed E-state index contributed by atoms with van der Waals surface area (Å²) in [6.45, 7) is 10.3. The first kappa shape index (κ1) is 20.9. The van der Waals surface area contributed by atoms with E-state index in [1.165, 1.54) is 17.1 Å². The van der Waals surface area contributed by atoms with Crippen LogP contribution < -0.4 is 9.64 Å². The Balaban J connectivity index is 1.98. The lowest BCUT2D eigenvalue weighted by molar-refractivity contribution is 0.138. The molecule has 0 saturated carbocycles. The second kappa shape index (κ2) is 9.51. The minimum atomic E-state index is -0.380. The van der Waals surface area contributed by atoms with Crippen LogP contribution >= 0.6 is 12.2 Å². The number of hydrogen-bond acceptors (Lipinski definition) is 5. The minimum absolute atomic E-state index is 0.241. The molecule has 0 saturated heterocycles. The van der Waals surface area contributed by atoms with Gasteiger partial charge in [-0.3, -0.25) is 4.90 Å². The van der Waals surface area contributed by atoms with Crippen LogP contribution in [0.5, 0.6) is 5.75 Å². The first-order chi connectivity index (χ1) is 12.4. The number of unbranched alkanes of at least 4 members (excludes halogenated alkanes) is 2. The van der Waals surface area contributed by atoms with Crippen molar-refractivity contribution in [1.29, 1.82) is 0 Å². The van der Waals surface area contributed by atoms with E-state index in [4.69, 9.17) is 8.92 Å². The van der Waals surface area contributed by atoms with Gasteiger partial charge in [0.15, 0.2) is 12.2 Å². The molecule has 6 heteroatoms. The molecule has 1 aliphatic rings. The molecule has 2 rings (SSSR count). The van der Waals surface area contributed by atoms with Gasteiger partial charge in [0.2, 0.25) is 0 Å². The molecular formula is C20H32N2O3S. The molecule has 1 heterocycles. The Labute approximate surface area is 162 Å². The molecule has 0 unspecified atom stereocenters. The van der Waals surface area contributed by atoms with Gasteiger partial charge in [0, 0.05) is 32.1 Å². The van der Waals surface area contributed by atoms with Crippen LogP contribution in [0.15, 0.2) is 18.2 Å². The molecule has 1 aromatic carbocycles. The van der Waals surface area contributed by atoms with Gasteiger partial charge in [0.25, 0.3) is 0 Å². The summed E-state index contributed by atoms with van der Waals surface area (Å²) in [6, 6.07) is 5.92. The van der Waals surface area contributed by atoms with Gasteiger partial charge in [-0.05, 0) is 32.8 Å². The predicted octanol–water partition coefficient (Wildman–Crippen LogP) is 5.44. The van der Waals surface area contributed by atoms with Crippen LogP contribution in [0.2, 0.25) is 0 Å². The van der Waals surface area contributed by atoms with Gasteiger partial charge >= 0.3 is 6.09 Å². The molecule has 0 atom stereocenters. The summed E-state index contributed by atoms with van der Waals surface area (Å²) in [5, 5.41) is 0. The Morgan fingerprint density at radius 2 is 1.88 bits per heavy atom. The lowest BCUT2D eigenvalue weighted by Gasteiger charge is -2.23. The molecule has 5 nitrogen and oxygen atoms in total. The van der Waals surface area contributed by atoms with Crippen molar-refractivity contribution in [2.45, 2.75) is 65.4 Å². The molecular weight excluding hydrogens is 348 g/mol. The van der Waals surface area contributed by atoms with E-state index in [-0.39, 0.29) is 11.7 Å². The van der Waals surface area contributed by atoms with E-state index >= 15 is 0 Å². The van der Waals surface area contributed by atoms with Gasteiger partial charge in [-0.15, -0.1) is 0 Å². The third-order valence-corrected chi connectivity index (χ3v) is 5.23. The topological polar surface area (TPSA) is 42.0 Å². The summed E-state index contributed by atoms with van der Waals surface area (Å²) >= 11 is 1.17. The number of hydrogen-bond donors (Lipinski definition) is 0. The van der Waals surface area contributed by atoms with Crippen molar-refractivity contribution in [3.63, 3.8) is 0 Å². The Kier molecular flexibility index (Phi) is 7.65. The van der Waals surface area contributed by atoms with Crippen molar-refractivity contribution < 1.29 is 13.7 Å². The monoisotopic (exact) mass is 380 g/mol. The molecule has 0 fully saturated rings. The van der Waals surface area contributed by atoms with E-state index < -0.39 is 0 Å². The third kappa shape index (κ3) is 5.55. The van der Waals surface area contributed by atoms with Crippen LogP contribution in [0.4, 0.5) is 10.5 Å². The van der Waals surface area contributed by atoms with Crippen molar-refractivity contribution in [2.75, 3.05) is 25.0 Å². The first-order valence-corrected chi connectivity index (χ1v) is 10.3. The first-order valence-electron chi connectivity index (χ1n) is 9.56. The van der Waals surface area contributed by atoms with Crippen LogP contribution in [0.3, 0.4) is 0 Å². The molecule has 0 N–H and O–H groups in total. The number of anilines is 1. The van der Waals surface area contributed by atoms with Crippen LogP contribution in [-0.4, -0.2) is 36.1 Å². The Bertz CT molecular complexity index is 599. The summed E-state index contributed by atoms with van der Waals surface area (Å²) in [5.41, 5.74) is 1.65. The highest BCUT2D eigenvalue weighted by molar-refractivity contribution is 7.92. The van der Waals surface area contributed by atoms with Crippen molar-refractivity contribution in [3.8, 4) is 5.75 Å². The number of carbonyl (C=O) groups excluding carboxylic acids is 1. The molecule has 1 aliphatic heterocycles. The summed E-state index contributed by atoms with van der Waals surface area (Å²) in [7, 11) is 1.73. The SMILES string of the molecule is CCCCN(CCCC)SOC(=O)N(C)c1cccc2c1OC(C)(C)C2. The highest BCUT2D eigenvalue weighted by atomic mass is 32.2. The lowest BCUT2D eigenvalue weighted by atomic mass is 10.0. The van der Waals surface area contributed by atoms with Crippen LogP contribution in [0.25, 0.3) is 0 Å². The van der Waals surface area contributed by atoms with Crippen molar-refractivity contribution in [3.05, 3.63) is 23.8 Å². The highest BCUT2D eigenvalue weighted by Crippen LogP contribution is 2.42. The normalized spacial score (nSPS) is 14.8. The fourth-order valence-corrected chi connectivity index (χ4v) is 3.65. The number of benzene rings is 1. The Morgan fingerprint density at radius 3 is 2.50 bits per heavy atom. The summed E-state index contributed by atoms with van der Waals surface area (Å²) in [5.74, 6) is 0.788. The van der Waals surface area contributed by atoms with Gasteiger partial charge in [0.1, 0.15) is 11.4 Å². The molecule has 0 aliphatic carbocycles. The molecule has 0 spiro atoms. The van der Waals surface area contributed by atoms with Crippen molar-refractivity contribution in [1.82, 2.24) is 4.31 Å². The fraction of sp³-hybridized carbons (Fsp3) is 0.650. The summed E-state index contributed by atoms with van der Waals surface area (Å²) < 4.78 is 13.7. The molecule has 146 valence electrons. The van der Waals surface area contributed by atoms with Crippen molar-refractivity contribution >= 4 is 24.0 Å². The zero-order valence-electron chi connectivity index (χ0n) is 16.7. The minimum Gasteiger partial charge on any atom is -0.485 e. The van der Waals surface area contributed by atoms with Gasteiger partial charge < -0.3 is 8.92 Å². The van der Waals surface area contributed by atoms with Crippen molar-refractivity contribution in [2.24, 2.45) is 0 Å². The van der Waals surface area contributed by atoms with Gasteiger partial charge in [0.05, 0.1) is 5.69 Å². The number of ether oxygens (including phenoxy) is 1. The lowest BCUT2D eigenvalue weighted by Crippen LogP contribution is -2.29. The maximum absolute atomic E-state index is 12.6. The van der Waals surface area contributed by atoms with Crippen LogP contribution in [-0.2, 0) is 10.6 Å². The van der Waals surface area contributed by atoms with Gasteiger partial charge in [-0.1, -0.05) is 38.8 Å². The number of rotatable bonds is 9. The van der Waals surface area contributed by atoms with E-state index in [1.54, 1.807) is 7.05 Å². The summed E-state index contributed by atoms with van der Waals surface area (Å²) in [4.78, 5) is 14.1. The van der Waals surface area contributed by atoms with Crippen LogP contribution in [0, 0.1) is 0 Å². The van der Waals surface area contributed by atoms with Crippen LogP contribution in [0.1, 0.15) is 58.9 Å². The summed E-state index contributed by atoms with van der Waals surface area (Å²) in [6.07, 6.45) is 4.91. The zero-order chi connectivity index (χ0) is 19.2. The average Bonchev–Trinajstić information content (AvgIpc) is 2.93. The number of nitrogens with zero attached hydrogens (tertiary/aromatic N) is 2. The quantitative estimate of drug-likeness (QED) is 0.421. The van der Waals surface area contributed by atoms with Gasteiger partial charge in [-0.25, -0.2) is 9.10 Å². The second-order valence-corrected chi connectivity index (χ2v) is 8.25. The van der Waals surface area contributed by atoms with Gasteiger partial charge in [-0.2, -0.15) is 0 Å². The zero-order valence-corrected chi connectivity index (χ0v) is 17.5. The van der Waals surface area contributed by atoms with E-state index in [2.05, 4.69) is 38.1 Å². The fourth-order valence-electron chi connectivity index (χ4n) is 2.96. The number of para-hydroxylation sites is 1. The molecule has 1 aromatic rings. The maximum atomic E-state index is 12.6. The van der Waals surface area contributed by atoms with E-state index in [1.807, 2.05) is 12.1 Å². The third-order valence-electron chi connectivity index (χ3n) is 4.44. The highest BCUT2D eigenvalue weighted by Gasteiger charge is 2.33.